The number of nitrogens with one attached hydrogen (secondary N) is 1. The molecule has 0 fully saturated rings. The van der Waals surface area contributed by atoms with Crippen molar-refractivity contribution in [2.75, 3.05) is 20.3 Å². The molecule has 1 unspecified atom stereocenters. The minimum atomic E-state index is -3.51. The number of halogens is 1. The summed E-state index contributed by atoms with van der Waals surface area (Å²) in [5, 5.41) is 8.90. The molecule has 0 spiro atoms. The van der Waals surface area contributed by atoms with Gasteiger partial charge in [0.2, 0.25) is 10.0 Å². The first-order valence-corrected chi connectivity index (χ1v) is 8.62. The summed E-state index contributed by atoms with van der Waals surface area (Å²) in [6.45, 7) is 2.41. The monoisotopic (exact) mass is 365 g/mol. The summed E-state index contributed by atoms with van der Waals surface area (Å²) in [7, 11) is -1.99. The molecule has 0 saturated carbocycles. The van der Waals surface area contributed by atoms with E-state index in [9.17, 15) is 8.42 Å². The third-order valence-corrected chi connectivity index (χ3v) is 4.99. The summed E-state index contributed by atoms with van der Waals surface area (Å²) in [5.41, 5.74) is 0. The lowest BCUT2D eigenvalue weighted by Gasteiger charge is -2.10. The van der Waals surface area contributed by atoms with Gasteiger partial charge in [-0.25, -0.2) is 13.1 Å². The Morgan fingerprint density at radius 1 is 1.45 bits per heavy atom. The maximum Gasteiger partial charge on any atom is 0.240 e. The minimum absolute atomic E-state index is 0.123. The average Bonchev–Trinajstić information content (AvgIpc) is 2.43. The van der Waals surface area contributed by atoms with Crippen LogP contribution < -0.4 is 9.46 Å². The van der Waals surface area contributed by atoms with E-state index in [1.165, 1.54) is 19.2 Å². The van der Waals surface area contributed by atoms with Gasteiger partial charge in [0, 0.05) is 13.2 Å². The fourth-order valence-corrected chi connectivity index (χ4v) is 3.44. The smallest absolute Gasteiger partial charge is 0.240 e. The van der Waals surface area contributed by atoms with Gasteiger partial charge in [0.25, 0.3) is 0 Å². The number of aliphatic hydroxyl groups is 1. The van der Waals surface area contributed by atoms with E-state index >= 15 is 0 Å². The third kappa shape index (κ3) is 5.05. The second-order valence-corrected chi connectivity index (χ2v) is 7.25. The Bertz CT molecular complexity index is 533. The number of aliphatic hydroxyl groups excluding tert-OH is 1. The van der Waals surface area contributed by atoms with Crippen LogP contribution in [0.15, 0.2) is 27.6 Å². The van der Waals surface area contributed by atoms with Crippen LogP contribution in [0, 0.1) is 5.92 Å². The molecule has 1 rings (SSSR count). The lowest BCUT2D eigenvalue weighted by atomic mass is 10.1. The van der Waals surface area contributed by atoms with Gasteiger partial charge in [0.15, 0.2) is 0 Å². The number of methoxy groups -OCH3 is 1. The van der Waals surface area contributed by atoms with Crippen LogP contribution in [0.4, 0.5) is 0 Å². The molecule has 20 heavy (non-hydrogen) atoms. The normalized spacial score (nSPS) is 13.2. The summed E-state index contributed by atoms with van der Waals surface area (Å²) >= 11 is 3.27. The van der Waals surface area contributed by atoms with Gasteiger partial charge >= 0.3 is 0 Å². The van der Waals surface area contributed by atoms with Crippen LogP contribution in [0.2, 0.25) is 0 Å². The molecule has 0 heterocycles. The van der Waals surface area contributed by atoms with E-state index in [2.05, 4.69) is 20.7 Å². The van der Waals surface area contributed by atoms with Gasteiger partial charge in [-0.05, 0) is 52.9 Å². The van der Waals surface area contributed by atoms with Crippen LogP contribution in [0.5, 0.6) is 5.75 Å². The molecule has 1 aromatic rings. The van der Waals surface area contributed by atoms with Crippen LogP contribution in [0.25, 0.3) is 0 Å². The van der Waals surface area contributed by atoms with Crippen LogP contribution in [-0.4, -0.2) is 33.8 Å². The molecule has 0 saturated heterocycles. The Balaban J connectivity index is 2.62. The third-order valence-electron chi connectivity index (χ3n) is 2.91. The van der Waals surface area contributed by atoms with E-state index in [0.717, 1.165) is 6.42 Å². The first-order valence-electron chi connectivity index (χ1n) is 6.34. The number of benzene rings is 1. The summed E-state index contributed by atoms with van der Waals surface area (Å²) in [6.07, 6.45) is 1.48. The second-order valence-electron chi connectivity index (χ2n) is 4.62. The van der Waals surface area contributed by atoms with Gasteiger partial charge in [-0.1, -0.05) is 6.92 Å². The zero-order chi connectivity index (χ0) is 15.2. The van der Waals surface area contributed by atoms with Crippen LogP contribution in [0.1, 0.15) is 19.8 Å². The Labute approximate surface area is 128 Å². The summed E-state index contributed by atoms with van der Waals surface area (Å²) in [5.74, 6) is 0.773. The number of ether oxygens (including phenoxy) is 1. The number of hydrogen-bond acceptors (Lipinski definition) is 4. The summed E-state index contributed by atoms with van der Waals surface area (Å²) in [6, 6.07) is 4.62. The predicted molar refractivity (Wildman–Crippen MR) is 81.4 cm³/mol. The van der Waals surface area contributed by atoms with Gasteiger partial charge in [0.1, 0.15) is 5.75 Å². The standard InChI is InChI=1S/C13H20BrNO4S/c1-10(9-16)4-3-7-15-20(17,18)11-5-6-13(19-2)12(14)8-11/h5-6,8,10,15-16H,3-4,7,9H2,1-2H3. The van der Waals surface area contributed by atoms with Gasteiger partial charge < -0.3 is 9.84 Å². The van der Waals surface area contributed by atoms with E-state index < -0.39 is 10.0 Å². The first-order chi connectivity index (χ1) is 9.40. The van der Waals surface area contributed by atoms with Gasteiger partial charge in [-0.3, -0.25) is 0 Å². The van der Waals surface area contributed by atoms with E-state index in [0.29, 0.717) is 23.2 Å². The van der Waals surface area contributed by atoms with Gasteiger partial charge in [0.05, 0.1) is 16.5 Å². The number of rotatable bonds is 8. The molecule has 5 nitrogen and oxygen atoms in total. The Hall–Kier alpha value is -0.630. The zero-order valence-corrected chi connectivity index (χ0v) is 14.0. The molecule has 0 aromatic heterocycles. The average molecular weight is 366 g/mol. The second kappa shape index (κ2) is 7.97. The molecule has 0 aliphatic carbocycles. The largest absolute Gasteiger partial charge is 0.496 e. The fraction of sp³-hybridized carbons (Fsp3) is 0.538. The van der Waals surface area contributed by atoms with Crippen molar-refractivity contribution in [3.05, 3.63) is 22.7 Å². The number of hydrogen-bond donors (Lipinski definition) is 2. The highest BCUT2D eigenvalue weighted by Gasteiger charge is 2.15. The quantitative estimate of drug-likeness (QED) is 0.692. The molecule has 1 atom stereocenters. The molecule has 1 aromatic carbocycles. The van der Waals surface area contributed by atoms with Crippen molar-refractivity contribution in [2.45, 2.75) is 24.7 Å². The van der Waals surface area contributed by atoms with E-state index in [4.69, 9.17) is 9.84 Å². The van der Waals surface area contributed by atoms with Crippen LogP contribution >= 0.6 is 15.9 Å². The molecular formula is C13H20BrNO4S. The van der Waals surface area contributed by atoms with Crippen molar-refractivity contribution < 1.29 is 18.3 Å². The van der Waals surface area contributed by atoms with Crippen molar-refractivity contribution in [1.82, 2.24) is 4.72 Å². The molecule has 0 bridgehead atoms. The van der Waals surface area contributed by atoms with E-state index in [-0.39, 0.29) is 17.4 Å². The Kier molecular flexibility index (Phi) is 6.94. The Morgan fingerprint density at radius 3 is 2.70 bits per heavy atom. The lowest BCUT2D eigenvalue weighted by molar-refractivity contribution is 0.228. The highest BCUT2D eigenvalue weighted by atomic mass is 79.9. The minimum Gasteiger partial charge on any atom is -0.496 e. The topological polar surface area (TPSA) is 75.6 Å². The van der Waals surface area contributed by atoms with E-state index in [1.807, 2.05) is 6.92 Å². The van der Waals surface area contributed by atoms with Crippen LogP contribution in [0.3, 0.4) is 0 Å². The van der Waals surface area contributed by atoms with Crippen molar-refractivity contribution in [1.29, 1.82) is 0 Å². The molecule has 0 aliphatic rings. The highest BCUT2D eigenvalue weighted by Crippen LogP contribution is 2.27. The predicted octanol–water partition coefficient (Wildman–Crippen LogP) is 2.14. The van der Waals surface area contributed by atoms with Gasteiger partial charge in [-0.15, -0.1) is 0 Å². The molecule has 2 N–H and O–H groups in total. The molecule has 0 radical (unpaired) electrons. The maximum absolute atomic E-state index is 12.1. The van der Waals surface area contributed by atoms with Crippen LogP contribution in [-0.2, 0) is 10.0 Å². The summed E-state index contributed by atoms with van der Waals surface area (Å²) in [4.78, 5) is 0.195. The molecule has 114 valence electrons. The molecule has 7 heteroatoms. The lowest BCUT2D eigenvalue weighted by Crippen LogP contribution is -2.25. The first kappa shape index (κ1) is 17.4. The molecule has 0 aliphatic heterocycles. The van der Waals surface area contributed by atoms with Gasteiger partial charge in [-0.2, -0.15) is 0 Å². The van der Waals surface area contributed by atoms with Crippen molar-refractivity contribution in [2.24, 2.45) is 5.92 Å². The fourth-order valence-electron chi connectivity index (χ4n) is 1.65. The van der Waals surface area contributed by atoms with Crippen molar-refractivity contribution in [3.63, 3.8) is 0 Å². The zero-order valence-electron chi connectivity index (χ0n) is 11.6. The SMILES string of the molecule is COc1ccc(S(=O)(=O)NCCCC(C)CO)cc1Br. The number of sulfonamides is 1. The van der Waals surface area contributed by atoms with Crippen molar-refractivity contribution in [3.8, 4) is 5.75 Å². The molecular weight excluding hydrogens is 346 g/mol. The van der Waals surface area contributed by atoms with Crippen molar-refractivity contribution >= 4 is 26.0 Å². The Morgan fingerprint density at radius 2 is 2.15 bits per heavy atom. The highest BCUT2D eigenvalue weighted by molar-refractivity contribution is 9.10. The maximum atomic E-state index is 12.1. The summed E-state index contributed by atoms with van der Waals surface area (Å²) < 4.78 is 32.4. The van der Waals surface area contributed by atoms with E-state index in [1.54, 1.807) is 6.07 Å². The molecule has 0 amide bonds.